The van der Waals surface area contributed by atoms with Crippen LogP contribution in [-0.2, 0) is 9.47 Å². The highest BCUT2D eigenvalue weighted by Gasteiger charge is 2.23. The summed E-state index contributed by atoms with van der Waals surface area (Å²) in [6, 6.07) is 10.7. The van der Waals surface area contributed by atoms with Crippen molar-refractivity contribution >= 4 is 46.7 Å². The molecule has 1 N–H and O–H groups in total. The van der Waals surface area contributed by atoms with Crippen LogP contribution < -0.4 is 5.32 Å². The molecule has 1 fully saturated rings. The zero-order valence-electron chi connectivity index (χ0n) is 18.0. The van der Waals surface area contributed by atoms with E-state index in [0.29, 0.717) is 55.4 Å². The monoisotopic (exact) mass is 456 g/mol. The highest BCUT2D eigenvalue weighted by atomic mass is 35.5. The SMILES string of the molecule is CCOC(=O)c1ccc(Nc2c(C(=O)N3CCOCC3)cnc3nc(C)ccc23)cc1.Cl. The number of esters is 1. The predicted octanol–water partition coefficient (Wildman–Crippen LogP) is 3.75. The van der Waals surface area contributed by atoms with Crippen molar-refractivity contribution in [3.8, 4) is 0 Å². The summed E-state index contributed by atoms with van der Waals surface area (Å²) in [5.41, 5.74) is 3.71. The van der Waals surface area contributed by atoms with Gasteiger partial charge in [-0.3, -0.25) is 4.79 Å². The van der Waals surface area contributed by atoms with Crippen molar-refractivity contribution in [1.82, 2.24) is 14.9 Å². The van der Waals surface area contributed by atoms with Crippen LogP contribution in [0.15, 0.2) is 42.6 Å². The van der Waals surface area contributed by atoms with Crippen molar-refractivity contribution in [2.45, 2.75) is 13.8 Å². The number of morpholine rings is 1. The van der Waals surface area contributed by atoms with Crippen LogP contribution in [0, 0.1) is 6.92 Å². The molecule has 0 radical (unpaired) electrons. The van der Waals surface area contributed by atoms with Gasteiger partial charge in [0.15, 0.2) is 5.65 Å². The van der Waals surface area contributed by atoms with E-state index in [1.165, 1.54) is 0 Å². The summed E-state index contributed by atoms with van der Waals surface area (Å²) < 4.78 is 10.4. The Hall–Kier alpha value is -3.23. The molecule has 0 spiro atoms. The van der Waals surface area contributed by atoms with Crippen molar-refractivity contribution in [2.24, 2.45) is 0 Å². The molecule has 1 aromatic carbocycles. The lowest BCUT2D eigenvalue weighted by atomic mass is 10.1. The lowest BCUT2D eigenvalue weighted by Gasteiger charge is -2.27. The van der Waals surface area contributed by atoms with E-state index < -0.39 is 0 Å². The maximum absolute atomic E-state index is 13.2. The number of hydrogen-bond donors (Lipinski definition) is 1. The molecule has 1 aliphatic heterocycles. The largest absolute Gasteiger partial charge is 0.462 e. The lowest BCUT2D eigenvalue weighted by Crippen LogP contribution is -2.41. The number of fused-ring (bicyclic) bond motifs is 1. The Bertz CT molecular complexity index is 1110. The Labute approximate surface area is 192 Å². The van der Waals surface area contributed by atoms with E-state index in [2.05, 4.69) is 15.3 Å². The molecule has 0 bridgehead atoms. The van der Waals surface area contributed by atoms with E-state index in [1.807, 2.05) is 19.1 Å². The second-order valence-electron chi connectivity index (χ2n) is 7.20. The van der Waals surface area contributed by atoms with Crippen LogP contribution in [-0.4, -0.2) is 59.7 Å². The number of carbonyl (C=O) groups excluding carboxylic acids is 2. The summed E-state index contributed by atoms with van der Waals surface area (Å²) in [5, 5.41) is 4.09. The molecular weight excluding hydrogens is 432 g/mol. The fraction of sp³-hybridized carbons (Fsp3) is 0.304. The number of hydrogen-bond acceptors (Lipinski definition) is 7. The van der Waals surface area contributed by atoms with Gasteiger partial charge in [-0.15, -0.1) is 12.4 Å². The van der Waals surface area contributed by atoms with Crippen molar-refractivity contribution in [1.29, 1.82) is 0 Å². The molecule has 1 aliphatic rings. The van der Waals surface area contributed by atoms with Crippen molar-refractivity contribution in [3.63, 3.8) is 0 Å². The molecule has 32 heavy (non-hydrogen) atoms. The Morgan fingerprint density at radius 1 is 1.12 bits per heavy atom. The number of ether oxygens (including phenoxy) is 2. The smallest absolute Gasteiger partial charge is 0.338 e. The van der Waals surface area contributed by atoms with E-state index in [0.717, 1.165) is 16.8 Å². The van der Waals surface area contributed by atoms with Crippen molar-refractivity contribution in [3.05, 3.63) is 59.4 Å². The first kappa shape index (κ1) is 23.4. The number of rotatable bonds is 5. The van der Waals surface area contributed by atoms with Gasteiger partial charge in [0.1, 0.15) is 0 Å². The van der Waals surface area contributed by atoms with Crippen LogP contribution in [0.4, 0.5) is 11.4 Å². The molecule has 3 heterocycles. The molecule has 0 aliphatic carbocycles. The van der Waals surface area contributed by atoms with Gasteiger partial charge < -0.3 is 19.7 Å². The minimum atomic E-state index is -0.369. The minimum absolute atomic E-state index is 0. The third-order valence-corrected chi connectivity index (χ3v) is 5.06. The molecular formula is C23H25ClN4O4. The number of anilines is 2. The van der Waals surface area contributed by atoms with Gasteiger partial charge >= 0.3 is 5.97 Å². The van der Waals surface area contributed by atoms with Gasteiger partial charge in [0.05, 0.1) is 36.6 Å². The second kappa shape index (κ2) is 10.4. The van der Waals surface area contributed by atoms with E-state index in [-0.39, 0.29) is 24.3 Å². The molecule has 1 saturated heterocycles. The van der Waals surface area contributed by atoms with Gasteiger partial charge in [-0.2, -0.15) is 0 Å². The summed E-state index contributed by atoms with van der Waals surface area (Å²) in [6.45, 7) is 6.10. The molecule has 2 aromatic heterocycles. The molecule has 168 valence electrons. The molecule has 0 unspecified atom stereocenters. The average Bonchev–Trinajstić information content (AvgIpc) is 2.80. The minimum Gasteiger partial charge on any atom is -0.462 e. The average molecular weight is 457 g/mol. The third-order valence-electron chi connectivity index (χ3n) is 5.06. The number of aryl methyl sites for hydroxylation is 1. The topological polar surface area (TPSA) is 93.7 Å². The lowest BCUT2D eigenvalue weighted by molar-refractivity contribution is 0.0303. The number of amides is 1. The van der Waals surface area contributed by atoms with Crippen molar-refractivity contribution < 1.29 is 19.1 Å². The maximum Gasteiger partial charge on any atom is 0.338 e. The van der Waals surface area contributed by atoms with Gasteiger partial charge in [-0.25, -0.2) is 14.8 Å². The fourth-order valence-corrected chi connectivity index (χ4v) is 3.45. The molecule has 9 heteroatoms. The summed E-state index contributed by atoms with van der Waals surface area (Å²) in [6.07, 6.45) is 1.57. The Kier molecular flexibility index (Phi) is 7.61. The number of halogens is 1. The maximum atomic E-state index is 13.2. The molecule has 3 aromatic rings. The van der Waals surface area contributed by atoms with Gasteiger partial charge in [-0.05, 0) is 50.2 Å². The van der Waals surface area contributed by atoms with Gasteiger partial charge in [0.2, 0.25) is 0 Å². The zero-order valence-corrected chi connectivity index (χ0v) is 18.8. The van der Waals surface area contributed by atoms with Crippen LogP contribution >= 0.6 is 12.4 Å². The summed E-state index contributed by atoms with van der Waals surface area (Å²) in [7, 11) is 0. The highest BCUT2D eigenvalue weighted by Crippen LogP contribution is 2.30. The standard InChI is InChI=1S/C23H24N4O4.ClH/c1-3-31-23(29)16-5-7-17(8-6-16)26-20-18-9-4-15(2)25-21(18)24-14-19(20)22(28)27-10-12-30-13-11-27;/h4-9,14H,3,10-13H2,1-2H3,(H,24,25,26);1H. The predicted molar refractivity (Wildman–Crippen MR) is 124 cm³/mol. The number of benzene rings is 1. The first-order chi connectivity index (χ1) is 15.1. The number of nitrogens with one attached hydrogen (secondary N) is 1. The Morgan fingerprint density at radius 3 is 2.53 bits per heavy atom. The van der Waals surface area contributed by atoms with Crippen LogP contribution in [0.2, 0.25) is 0 Å². The fourth-order valence-electron chi connectivity index (χ4n) is 3.45. The normalized spacial score (nSPS) is 13.4. The molecule has 8 nitrogen and oxygen atoms in total. The number of aromatic nitrogens is 2. The number of nitrogens with zero attached hydrogens (tertiary/aromatic N) is 3. The summed E-state index contributed by atoms with van der Waals surface area (Å²) in [5.74, 6) is -0.477. The first-order valence-electron chi connectivity index (χ1n) is 10.2. The van der Waals surface area contributed by atoms with Crippen molar-refractivity contribution in [2.75, 3.05) is 38.2 Å². The summed E-state index contributed by atoms with van der Waals surface area (Å²) >= 11 is 0. The quantitative estimate of drug-likeness (QED) is 0.584. The zero-order chi connectivity index (χ0) is 21.8. The van der Waals surface area contributed by atoms with Gasteiger partial charge in [0, 0.05) is 36.1 Å². The van der Waals surface area contributed by atoms with E-state index in [1.54, 1.807) is 42.3 Å². The van der Waals surface area contributed by atoms with Gasteiger partial charge in [0.25, 0.3) is 5.91 Å². The Balaban J connectivity index is 0.00000289. The number of carbonyl (C=O) groups is 2. The Morgan fingerprint density at radius 2 is 1.84 bits per heavy atom. The van der Waals surface area contributed by atoms with Crippen LogP contribution in [0.5, 0.6) is 0 Å². The number of pyridine rings is 2. The summed E-state index contributed by atoms with van der Waals surface area (Å²) in [4.78, 5) is 35.9. The van der Waals surface area contributed by atoms with E-state index >= 15 is 0 Å². The third kappa shape index (κ3) is 4.98. The highest BCUT2D eigenvalue weighted by molar-refractivity contribution is 6.07. The van der Waals surface area contributed by atoms with E-state index in [4.69, 9.17) is 9.47 Å². The second-order valence-corrected chi connectivity index (χ2v) is 7.20. The molecule has 4 rings (SSSR count). The first-order valence-corrected chi connectivity index (χ1v) is 10.2. The van der Waals surface area contributed by atoms with Gasteiger partial charge in [-0.1, -0.05) is 0 Å². The van der Waals surface area contributed by atoms with Crippen LogP contribution in [0.3, 0.4) is 0 Å². The van der Waals surface area contributed by atoms with E-state index in [9.17, 15) is 9.59 Å². The molecule has 0 atom stereocenters. The van der Waals surface area contributed by atoms with Crippen LogP contribution in [0.25, 0.3) is 11.0 Å². The molecule has 0 saturated carbocycles. The van der Waals surface area contributed by atoms with Crippen LogP contribution in [0.1, 0.15) is 33.3 Å². The molecule has 1 amide bonds.